The van der Waals surface area contributed by atoms with Gasteiger partial charge in [0.1, 0.15) is 6.54 Å². The number of rotatable bonds is 2. The maximum Gasteiger partial charge on any atom is 0.417 e. The van der Waals surface area contributed by atoms with Crippen LogP contribution in [0.2, 0.25) is 0 Å². The number of aromatic nitrogens is 1. The van der Waals surface area contributed by atoms with Crippen molar-refractivity contribution in [2.45, 2.75) is 36.2 Å². The molecule has 3 rings (SSSR count). The Labute approximate surface area is 152 Å². The van der Waals surface area contributed by atoms with Crippen molar-refractivity contribution in [3.8, 4) is 0 Å². The van der Waals surface area contributed by atoms with Crippen molar-refractivity contribution in [2.75, 3.05) is 11.4 Å². The van der Waals surface area contributed by atoms with Crippen LogP contribution in [-0.2, 0) is 17.5 Å². The minimum Gasteiger partial charge on any atom is -0.310 e. The number of amides is 1. The van der Waals surface area contributed by atoms with E-state index in [0.717, 1.165) is 33.7 Å². The molecule has 0 spiro atoms. The van der Waals surface area contributed by atoms with Crippen LogP contribution >= 0.6 is 11.8 Å². The van der Waals surface area contributed by atoms with Gasteiger partial charge in [-0.1, -0.05) is 19.1 Å². The van der Waals surface area contributed by atoms with Crippen LogP contribution < -0.4 is 10.5 Å². The Bertz CT molecular complexity index is 879. The fourth-order valence-electron chi connectivity index (χ4n) is 2.80. The van der Waals surface area contributed by atoms with E-state index < -0.39 is 29.8 Å². The van der Waals surface area contributed by atoms with Crippen LogP contribution in [0.4, 0.5) is 18.9 Å². The second kappa shape index (κ2) is 7.19. The largest absolute Gasteiger partial charge is 0.417 e. The molecule has 1 atom stereocenters. The molecule has 2 aromatic rings. The fourth-order valence-corrected chi connectivity index (χ4v) is 3.91. The third-order valence-corrected chi connectivity index (χ3v) is 5.40. The van der Waals surface area contributed by atoms with Crippen LogP contribution in [0.5, 0.6) is 0 Å². The average Bonchev–Trinajstić information content (AvgIpc) is 2.74. The average molecular weight is 382 g/mol. The Morgan fingerprint density at radius 3 is 2.69 bits per heavy atom. The van der Waals surface area contributed by atoms with Crippen LogP contribution in [0, 0.1) is 0 Å². The Hall–Kier alpha value is -2.22. The quantitative estimate of drug-likeness (QED) is 0.794. The first-order chi connectivity index (χ1) is 12.3. The SMILES string of the molecule is C[C@H]1CCN(C(=O)Cn2cc(C(F)(F)F)ccc2=O)c2ccccc2S1. The highest BCUT2D eigenvalue weighted by Crippen LogP contribution is 2.37. The zero-order valence-electron chi connectivity index (χ0n) is 14.0. The van der Waals surface area contributed by atoms with Crippen molar-refractivity contribution in [3.05, 3.63) is 58.5 Å². The molecule has 8 heteroatoms. The summed E-state index contributed by atoms with van der Waals surface area (Å²) in [4.78, 5) is 27.2. The van der Waals surface area contributed by atoms with Crippen molar-refractivity contribution < 1.29 is 18.0 Å². The lowest BCUT2D eigenvalue weighted by Crippen LogP contribution is -2.37. The molecule has 0 bridgehead atoms. The summed E-state index contributed by atoms with van der Waals surface area (Å²) in [5, 5.41) is 0.310. The number of para-hydroxylation sites is 1. The summed E-state index contributed by atoms with van der Waals surface area (Å²) in [5.74, 6) is -0.409. The number of halogens is 3. The minimum absolute atomic E-state index is 0.310. The molecule has 138 valence electrons. The Morgan fingerprint density at radius 1 is 1.23 bits per heavy atom. The van der Waals surface area contributed by atoms with Crippen molar-refractivity contribution in [2.24, 2.45) is 0 Å². The molecule has 0 unspecified atom stereocenters. The van der Waals surface area contributed by atoms with Crippen molar-refractivity contribution in [1.82, 2.24) is 4.57 Å². The van der Waals surface area contributed by atoms with Crippen LogP contribution in [0.3, 0.4) is 0 Å². The second-order valence-electron chi connectivity index (χ2n) is 6.11. The van der Waals surface area contributed by atoms with E-state index in [-0.39, 0.29) is 0 Å². The van der Waals surface area contributed by atoms with Gasteiger partial charge in [-0.2, -0.15) is 13.2 Å². The van der Waals surface area contributed by atoms with Crippen LogP contribution in [-0.4, -0.2) is 22.3 Å². The standard InChI is InChI=1S/C18H17F3N2O2S/c1-12-8-9-23(14-4-2-3-5-15(14)26-12)17(25)11-22-10-13(18(19,20)21)6-7-16(22)24/h2-7,10,12H,8-9,11H2,1H3/t12-/m0/s1. The first-order valence-corrected chi connectivity index (χ1v) is 8.97. The lowest BCUT2D eigenvalue weighted by atomic mass is 10.2. The molecule has 26 heavy (non-hydrogen) atoms. The van der Waals surface area contributed by atoms with Crippen molar-refractivity contribution >= 4 is 23.4 Å². The Balaban J connectivity index is 1.90. The van der Waals surface area contributed by atoms with E-state index in [1.165, 1.54) is 0 Å². The number of carbonyl (C=O) groups excluding carboxylic acids is 1. The van der Waals surface area contributed by atoms with E-state index in [1.807, 2.05) is 24.3 Å². The summed E-state index contributed by atoms with van der Waals surface area (Å²) < 4.78 is 39.4. The maximum absolute atomic E-state index is 12.9. The van der Waals surface area contributed by atoms with E-state index in [2.05, 4.69) is 6.92 Å². The number of benzene rings is 1. The summed E-state index contributed by atoms with van der Waals surface area (Å²) in [5.41, 5.74) is -0.866. The number of pyridine rings is 1. The molecule has 1 amide bonds. The molecular weight excluding hydrogens is 365 g/mol. The van der Waals surface area contributed by atoms with Crippen LogP contribution in [0.1, 0.15) is 18.9 Å². The van der Waals surface area contributed by atoms with Crippen molar-refractivity contribution in [1.29, 1.82) is 0 Å². The summed E-state index contributed by atoms with van der Waals surface area (Å²) in [6.07, 6.45) is -3.12. The summed E-state index contributed by atoms with van der Waals surface area (Å²) in [6.45, 7) is 2.08. The molecule has 0 radical (unpaired) electrons. The molecule has 1 aromatic heterocycles. The molecule has 0 aliphatic carbocycles. The van der Waals surface area contributed by atoms with Gasteiger partial charge in [0.05, 0.1) is 11.3 Å². The third kappa shape index (κ3) is 3.95. The lowest BCUT2D eigenvalue weighted by Gasteiger charge is -2.23. The van der Waals surface area contributed by atoms with Gasteiger partial charge >= 0.3 is 6.18 Å². The van der Waals surface area contributed by atoms with Gasteiger partial charge in [0.25, 0.3) is 5.56 Å². The van der Waals surface area contributed by atoms with Gasteiger partial charge in [0, 0.05) is 29.0 Å². The molecule has 4 nitrogen and oxygen atoms in total. The molecule has 1 aromatic carbocycles. The number of carbonyl (C=O) groups is 1. The van der Waals surface area contributed by atoms with Crippen LogP contribution in [0.15, 0.2) is 52.3 Å². The maximum atomic E-state index is 12.9. The van der Waals surface area contributed by atoms with E-state index in [9.17, 15) is 22.8 Å². The number of nitrogens with zero attached hydrogens (tertiary/aromatic N) is 2. The van der Waals surface area contributed by atoms with E-state index in [1.54, 1.807) is 16.7 Å². The summed E-state index contributed by atoms with van der Waals surface area (Å²) in [7, 11) is 0. The number of fused-ring (bicyclic) bond motifs is 1. The van der Waals surface area contributed by atoms with Crippen LogP contribution in [0.25, 0.3) is 0 Å². The van der Waals surface area contributed by atoms with Gasteiger partial charge in [0.2, 0.25) is 5.91 Å². The smallest absolute Gasteiger partial charge is 0.310 e. The topological polar surface area (TPSA) is 42.3 Å². The molecule has 1 aliphatic rings. The molecule has 0 saturated heterocycles. The Morgan fingerprint density at radius 2 is 1.96 bits per heavy atom. The highest BCUT2D eigenvalue weighted by atomic mass is 32.2. The highest BCUT2D eigenvalue weighted by Gasteiger charge is 2.31. The van der Waals surface area contributed by atoms with Gasteiger partial charge in [-0.25, -0.2) is 0 Å². The molecule has 1 aliphatic heterocycles. The van der Waals surface area contributed by atoms with E-state index in [4.69, 9.17) is 0 Å². The van der Waals surface area contributed by atoms with E-state index in [0.29, 0.717) is 18.0 Å². The monoisotopic (exact) mass is 382 g/mol. The fraction of sp³-hybridized carbons (Fsp3) is 0.333. The van der Waals surface area contributed by atoms with E-state index >= 15 is 0 Å². The molecule has 0 fully saturated rings. The first-order valence-electron chi connectivity index (χ1n) is 8.09. The third-order valence-electron chi connectivity index (χ3n) is 4.16. The highest BCUT2D eigenvalue weighted by molar-refractivity contribution is 8.00. The molecular formula is C18H17F3N2O2S. The van der Waals surface area contributed by atoms with Gasteiger partial charge in [-0.05, 0) is 24.6 Å². The van der Waals surface area contributed by atoms with Gasteiger partial charge in [-0.15, -0.1) is 11.8 Å². The minimum atomic E-state index is -4.57. The number of anilines is 1. The first kappa shape index (κ1) is 18.6. The second-order valence-corrected chi connectivity index (χ2v) is 7.59. The predicted octanol–water partition coefficient (Wildman–Crippen LogP) is 3.78. The summed E-state index contributed by atoms with van der Waals surface area (Å²) >= 11 is 1.66. The van der Waals surface area contributed by atoms with Gasteiger partial charge in [-0.3, -0.25) is 9.59 Å². The van der Waals surface area contributed by atoms with Crippen molar-refractivity contribution in [3.63, 3.8) is 0 Å². The van der Waals surface area contributed by atoms with Gasteiger partial charge in [0.15, 0.2) is 0 Å². The normalized spacial score (nSPS) is 17.5. The molecule has 2 heterocycles. The number of thioether (sulfide) groups is 1. The summed E-state index contributed by atoms with van der Waals surface area (Å²) in [6, 6.07) is 8.98. The zero-order valence-corrected chi connectivity index (χ0v) is 14.8. The molecule has 0 N–H and O–H groups in total. The molecule has 0 saturated carbocycles. The van der Waals surface area contributed by atoms with Gasteiger partial charge < -0.3 is 9.47 Å². The zero-order chi connectivity index (χ0) is 18.9. The number of alkyl halides is 3. The lowest BCUT2D eigenvalue weighted by molar-refractivity contribution is -0.138. The Kier molecular flexibility index (Phi) is 5.13. The predicted molar refractivity (Wildman–Crippen MR) is 94.4 cm³/mol. The number of hydrogen-bond donors (Lipinski definition) is 0. The number of hydrogen-bond acceptors (Lipinski definition) is 3.